The molecule has 0 unspecified atom stereocenters. The number of nitrogens with zero attached hydrogens (tertiary/aromatic N) is 1. The summed E-state index contributed by atoms with van der Waals surface area (Å²) in [7, 11) is 2.17. The van der Waals surface area contributed by atoms with Crippen molar-refractivity contribution in [3.63, 3.8) is 0 Å². The molecule has 0 aromatic heterocycles. The van der Waals surface area contributed by atoms with E-state index in [1.165, 1.54) is 0 Å². The molecule has 2 aliphatic rings. The molecule has 2 nitrogen and oxygen atoms in total. The smallest absolute Gasteiger partial charge is 0.115 e. The molecule has 1 aliphatic carbocycles. The zero-order valence-electron chi connectivity index (χ0n) is 8.78. The highest BCUT2D eigenvalue weighted by Gasteiger charge is 2.18. The molecule has 0 atom stereocenters. The molecule has 0 spiro atoms. The Morgan fingerprint density at radius 2 is 2.14 bits per heavy atom. The van der Waals surface area contributed by atoms with Gasteiger partial charge in [0, 0.05) is 13.1 Å². The first-order valence-electron chi connectivity index (χ1n) is 5.40. The molecule has 1 radical (unpaired) electrons. The molecule has 1 fully saturated rings. The van der Waals surface area contributed by atoms with Gasteiger partial charge >= 0.3 is 0 Å². The first-order chi connectivity index (χ1) is 6.84. The number of allylic oxidation sites excluding steroid dienone is 3. The van der Waals surface area contributed by atoms with E-state index in [9.17, 15) is 0 Å². The quantitative estimate of drug-likeness (QED) is 0.664. The number of ether oxygens (including phenoxy) is 1. The molecule has 14 heavy (non-hydrogen) atoms. The third-order valence-electron chi connectivity index (χ3n) is 2.82. The van der Waals surface area contributed by atoms with Gasteiger partial charge in [0.25, 0.3) is 0 Å². The summed E-state index contributed by atoms with van der Waals surface area (Å²) < 4.78 is 5.91. The first-order valence-corrected chi connectivity index (χ1v) is 5.40. The fraction of sp³-hybridized carbons (Fsp3) is 0.583. The molecule has 0 N–H and O–H groups in total. The molecule has 2 heteroatoms. The molecule has 0 saturated carbocycles. The zero-order chi connectivity index (χ0) is 9.80. The lowest BCUT2D eigenvalue weighted by molar-refractivity contribution is 0.0635. The van der Waals surface area contributed by atoms with Gasteiger partial charge in [0.2, 0.25) is 0 Å². The van der Waals surface area contributed by atoms with Gasteiger partial charge in [-0.1, -0.05) is 6.08 Å². The minimum Gasteiger partial charge on any atom is -0.491 e. The monoisotopic (exact) mass is 192 g/mol. The first kappa shape index (κ1) is 9.78. The molecule has 0 amide bonds. The van der Waals surface area contributed by atoms with Gasteiger partial charge in [-0.05, 0) is 44.9 Å². The molecular weight excluding hydrogens is 174 g/mol. The Balaban J connectivity index is 1.80. The number of hydrogen-bond donors (Lipinski definition) is 0. The minimum absolute atomic E-state index is 0.431. The molecule has 1 saturated heterocycles. The van der Waals surface area contributed by atoms with Crippen molar-refractivity contribution in [1.29, 1.82) is 0 Å². The molecule has 77 valence electrons. The minimum atomic E-state index is 0.431. The van der Waals surface area contributed by atoms with Crippen LogP contribution in [0.5, 0.6) is 0 Å². The van der Waals surface area contributed by atoms with Crippen molar-refractivity contribution < 1.29 is 4.74 Å². The van der Waals surface area contributed by atoms with E-state index in [1.54, 1.807) is 0 Å². The number of rotatable bonds is 2. The van der Waals surface area contributed by atoms with Crippen LogP contribution in [0.2, 0.25) is 0 Å². The predicted molar refractivity (Wildman–Crippen MR) is 57.7 cm³/mol. The van der Waals surface area contributed by atoms with Crippen LogP contribution in [0.3, 0.4) is 0 Å². The second kappa shape index (κ2) is 4.65. The fourth-order valence-electron chi connectivity index (χ4n) is 1.88. The normalized spacial score (nSPS) is 24.8. The van der Waals surface area contributed by atoms with Gasteiger partial charge in [-0.15, -0.1) is 0 Å². The number of hydrogen-bond acceptors (Lipinski definition) is 2. The van der Waals surface area contributed by atoms with E-state index >= 15 is 0 Å². The maximum absolute atomic E-state index is 5.91. The Bertz CT molecular complexity index is 237. The van der Waals surface area contributed by atoms with Crippen molar-refractivity contribution in [3.05, 3.63) is 30.4 Å². The molecule has 1 aliphatic heterocycles. The van der Waals surface area contributed by atoms with Gasteiger partial charge in [-0.2, -0.15) is 0 Å². The summed E-state index contributed by atoms with van der Waals surface area (Å²) in [4.78, 5) is 2.36. The van der Waals surface area contributed by atoms with E-state index in [0.29, 0.717) is 6.10 Å². The average Bonchev–Trinajstić information content (AvgIpc) is 2.23. The summed E-state index contributed by atoms with van der Waals surface area (Å²) in [6.07, 6.45) is 12.2. The van der Waals surface area contributed by atoms with Crippen molar-refractivity contribution in [3.8, 4) is 0 Å². The lowest BCUT2D eigenvalue weighted by atomic mass is 10.1. The van der Waals surface area contributed by atoms with Crippen LogP contribution in [0.4, 0.5) is 0 Å². The van der Waals surface area contributed by atoms with Crippen LogP contribution in [-0.4, -0.2) is 31.1 Å². The van der Waals surface area contributed by atoms with Crippen LogP contribution in [0.1, 0.15) is 19.3 Å². The van der Waals surface area contributed by atoms with Crippen molar-refractivity contribution >= 4 is 0 Å². The lowest BCUT2D eigenvalue weighted by Crippen LogP contribution is -2.34. The topological polar surface area (TPSA) is 12.5 Å². The van der Waals surface area contributed by atoms with Crippen molar-refractivity contribution in [2.24, 2.45) is 0 Å². The van der Waals surface area contributed by atoms with Crippen LogP contribution in [0.15, 0.2) is 24.0 Å². The van der Waals surface area contributed by atoms with Crippen molar-refractivity contribution in [2.45, 2.75) is 25.4 Å². The third kappa shape index (κ3) is 2.61. The molecule has 2 rings (SSSR count). The Labute approximate surface area is 86.2 Å². The Hall–Kier alpha value is -0.760. The van der Waals surface area contributed by atoms with Crippen molar-refractivity contribution in [2.75, 3.05) is 20.1 Å². The van der Waals surface area contributed by atoms with E-state index in [0.717, 1.165) is 38.1 Å². The van der Waals surface area contributed by atoms with E-state index in [1.807, 2.05) is 0 Å². The Morgan fingerprint density at radius 1 is 1.36 bits per heavy atom. The largest absolute Gasteiger partial charge is 0.491 e. The SMILES string of the molecule is CN1CCC(OC2=CC[CH]C=C2)CC1. The predicted octanol–water partition coefficient (Wildman–Crippen LogP) is 2.15. The van der Waals surface area contributed by atoms with Gasteiger partial charge in [0.15, 0.2) is 0 Å². The Morgan fingerprint density at radius 3 is 2.79 bits per heavy atom. The van der Waals surface area contributed by atoms with Gasteiger partial charge in [0.05, 0.1) is 0 Å². The van der Waals surface area contributed by atoms with E-state index < -0.39 is 0 Å². The van der Waals surface area contributed by atoms with Crippen LogP contribution in [0, 0.1) is 6.42 Å². The Kier molecular flexibility index (Phi) is 3.25. The molecular formula is C12H18NO. The van der Waals surface area contributed by atoms with Crippen LogP contribution < -0.4 is 0 Å². The number of likely N-dealkylation sites (tertiary alicyclic amines) is 1. The van der Waals surface area contributed by atoms with Crippen LogP contribution in [0.25, 0.3) is 0 Å². The van der Waals surface area contributed by atoms with Gasteiger partial charge in [-0.3, -0.25) is 0 Å². The standard InChI is InChI=1S/C12H18NO/c1-13-9-7-12(8-10-13)14-11-5-3-2-4-6-11/h2-3,5-6,12H,4,7-10H2,1H3. The van der Waals surface area contributed by atoms with Gasteiger partial charge in [0.1, 0.15) is 11.9 Å². The lowest BCUT2D eigenvalue weighted by Gasteiger charge is -2.29. The molecule has 0 aromatic rings. The van der Waals surface area contributed by atoms with Crippen molar-refractivity contribution in [1.82, 2.24) is 4.90 Å². The van der Waals surface area contributed by atoms with E-state index in [4.69, 9.17) is 4.74 Å². The maximum Gasteiger partial charge on any atom is 0.115 e. The summed E-state index contributed by atoms with van der Waals surface area (Å²) in [6.45, 7) is 2.32. The summed E-state index contributed by atoms with van der Waals surface area (Å²) in [5, 5.41) is 0. The highest BCUT2D eigenvalue weighted by atomic mass is 16.5. The van der Waals surface area contributed by atoms with Crippen LogP contribution >= 0.6 is 0 Å². The summed E-state index contributed by atoms with van der Waals surface area (Å²) >= 11 is 0. The fourth-order valence-corrected chi connectivity index (χ4v) is 1.88. The second-order valence-electron chi connectivity index (χ2n) is 4.06. The maximum atomic E-state index is 5.91. The molecule has 0 bridgehead atoms. The van der Waals surface area contributed by atoms with Crippen LogP contribution in [-0.2, 0) is 4.74 Å². The van der Waals surface area contributed by atoms with Gasteiger partial charge < -0.3 is 9.64 Å². The van der Waals surface area contributed by atoms with E-state index in [-0.39, 0.29) is 0 Å². The highest BCUT2D eigenvalue weighted by Crippen LogP contribution is 2.18. The average molecular weight is 192 g/mol. The molecule has 1 heterocycles. The summed E-state index contributed by atoms with van der Waals surface area (Å²) in [5.41, 5.74) is 0. The highest BCUT2D eigenvalue weighted by molar-refractivity contribution is 5.21. The summed E-state index contributed by atoms with van der Waals surface area (Å²) in [5.74, 6) is 1.06. The second-order valence-corrected chi connectivity index (χ2v) is 4.06. The number of piperidine rings is 1. The van der Waals surface area contributed by atoms with E-state index in [2.05, 4.69) is 36.6 Å². The zero-order valence-corrected chi connectivity index (χ0v) is 8.78. The summed E-state index contributed by atoms with van der Waals surface area (Å²) in [6, 6.07) is 0. The third-order valence-corrected chi connectivity index (χ3v) is 2.82. The van der Waals surface area contributed by atoms with Gasteiger partial charge in [-0.25, -0.2) is 0 Å². The molecule has 0 aromatic carbocycles.